The van der Waals surface area contributed by atoms with Gasteiger partial charge in [-0.1, -0.05) is 52.0 Å². The van der Waals surface area contributed by atoms with E-state index >= 15 is 0 Å². The third-order valence-electron chi connectivity index (χ3n) is 6.11. The van der Waals surface area contributed by atoms with E-state index in [9.17, 15) is 9.59 Å². The highest BCUT2D eigenvalue weighted by Gasteiger charge is 2.11. The Hall–Kier alpha value is -3.40. The van der Waals surface area contributed by atoms with Crippen LogP contribution in [0.5, 0.6) is 0 Å². The second-order valence-electron chi connectivity index (χ2n) is 8.35. The average molecular weight is 429 g/mol. The van der Waals surface area contributed by atoms with E-state index in [4.69, 9.17) is 0 Å². The third kappa shape index (κ3) is 5.85. The van der Waals surface area contributed by atoms with Crippen LogP contribution in [0.2, 0.25) is 0 Å². The van der Waals surface area contributed by atoms with Crippen LogP contribution >= 0.6 is 0 Å². The summed E-state index contributed by atoms with van der Waals surface area (Å²) >= 11 is 0. The number of amides is 2. The smallest absolute Gasteiger partial charge is 0.255 e. The Kier molecular flexibility index (Phi) is 7.82. The van der Waals surface area contributed by atoms with Gasteiger partial charge in [0.15, 0.2) is 0 Å². The molecule has 0 aliphatic carbocycles. The second-order valence-corrected chi connectivity index (χ2v) is 8.35. The molecule has 0 unspecified atom stereocenters. The number of rotatable bonds is 8. The number of anilines is 2. The Morgan fingerprint density at radius 3 is 1.19 bits per heavy atom. The van der Waals surface area contributed by atoms with Gasteiger partial charge >= 0.3 is 0 Å². The van der Waals surface area contributed by atoms with Gasteiger partial charge in [-0.05, 0) is 84.3 Å². The molecule has 0 aliphatic rings. The number of carbonyl (C=O) groups excluding carboxylic acids is 2. The van der Waals surface area contributed by atoms with E-state index < -0.39 is 0 Å². The van der Waals surface area contributed by atoms with Gasteiger partial charge in [-0.3, -0.25) is 9.59 Å². The molecular weight excluding hydrogens is 396 g/mol. The van der Waals surface area contributed by atoms with Crippen molar-refractivity contribution in [1.82, 2.24) is 0 Å². The van der Waals surface area contributed by atoms with Crippen LogP contribution in [0.1, 0.15) is 84.2 Å². The molecule has 3 aromatic rings. The van der Waals surface area contributed by atoms with Gasteiger partial charge < -0.3 is 10.6 Å². The number of benzene rings is 3. The maximum absolute atomic E-state index is 12.6. The molecule has 0 fully saturated rings. The summed E-state index contributed by atoms with van der Waals surface area (Å²) in [7, 11) is 0. The van der Waals surface area contributed by atoms with Crippen molar-refractivity contribution in [2.75, 3.05) is 10.6 Å². The van der Waals surface area contributed by atoms with Crippen molar-refractivity contribution in [3.8, 4) is 0 Å². The Labute approximate surface area is 191 Å². The highest BCUT2D eigenvalue weighted by atomic mass is 16.2. The van der Waals surface area contributed by atoms with E-state index in [1.165, 1.54) is 11.1 Å². The Bertz CT molecular complexity index is 952. The normalized spacial score (nSPS) is 12.6. The van der Waals surface area contributed by atoms with Crippen molar-refractivity contribution < 1.29 is 9.59 Å². The summed E-state index contributed by atoms with van der Waals surface area (Å²) in [6, 6.07) is 22.6. The Morgan fingerprint density at radius 1 is 0.594 bits per heavy atom. The maximum Gasteiger partial charge on any atom is 0.255 e. The van der Waals surface area contributed by atoms with Crippen LogP contribution in [0.4, 0.5) is 11.4 Å². The van der Waals surface area contributed by atoms with E-state index in [1.54, 1.807) is 24.3 Å². The summed E-state index contributed by atoms with van der Waals surface area (Å²) in [5.41, 5.74) is 5.04. The minimum atomic E-state index is -0.200. The summed E-state index contributed by atoms with van der Waals surface area (Å²) in [6.45, 7) is 8.70. The summed E-state index contributed by atoms with van der Waals surface area (Å²) in [5, 5.41) is 5.82. The van der Waals surface area contributed by atoms with Crippen LogP contribution in [0.3, 0.4) is 0 Å². The SMILES string of the molecule is CC[C@@H](C)c1ccc(NC(=O)c2ccc(C(=O)Nc3ccc([C@H](C)CC)cc3)cc2)cc1. The van der Waals surface area contributed by atoms with E-state index in [0.29, 0.717) is 23.0 Å². The molecule has 2 atom stereocenters. The lowest BCUT2D eigenvalue weighted by atomic mass is 9.98. The molecule has 0 heterocycles. The molecule has 3 aromatic carbocycles. The van der Waals surface area contributed by atoms with Crippen LogP contribution in [0.25, 0.3) is 0 Å². The molecule has 0 aliphatic heterocycles. The minimum absolute atomic E-state index is 0.200. The number of hydrogen-bond donors (Lipinski definition) is 2. The standard InChI is InChI=1S/C28H32N2O2/c1-5-19(3)21-11-15-25(16-12-21)29-27(31)23-7-9-24(10-8-23)28(32)30-26-17-13-22(14-18-26)20(4)6-2/h7-20H,5-6H2,1-4H3,(H,29,31)(H,30,32)/t19-,20-/m1/s1. The first-order valence-electron chi connectivity index (χ1n) is 11.3. The van der Waals surface area contributed by atoms with Gasteiger partial charge in [0.05, 0.1) is 0 Å². The maximum atomic E-state index is 12.6. The second kappa shape index (κ2) is 10.8. The van der Waals surface area contributed by atoms with E-state index in [-0.39, 0.29) is 11.8 Å². The van der Waals surface area contributed by atoms with Crippen molar-refractivity contribution in [3.63, 3.8) is 0 Å². The molecule has 2 N–H and O–H groups in total. The monoisotopic (exact) mass is 428 g/mol. The molecule has 4 heteroatoms. The fourth-order valence-electron chi connectivity index (χ4n) is 3.44. The van der Waals surface area contributed by atoms with Crippen molar-refractivity contribution in [2.24, 2.45) is 0 Å². The zero-order valence-electron chi connectivity index (χ0n) is 19.3. The fraction of sp³-hybridized carbons (Fsp3) is 0.286. The zero-order chi connectivity index (χ0) is 23.1. The number of nitrogens with one attached hydrogen (secondary N) is 2. The Morgan fingerprint density at radius 2 is 0.906 bits per heavy atom. The third-order valence-corrected chi connectivity index (χ3v) is 6.11. The first-order chi connectivity index (χ1) is 15.4. The molecule has 32 heavy (non-hydrogen) atoms. The van der Waals surface area contributed by atoms with Crippen LogP contribution < -0.4 is 10.6 Å². The molecule has 3 rings (SSSR count). The molecule has 0 spiro atoms. The van der Waals surface area contributed by atoms with Crippen LogP contribution in [-0.2, 0) is 0 Å². The molecule has 0 saturated carbocycles. The molecule has 4 nitrogen and oxygen atoms in total. The highest BCUT2D eigenvalue weighted by molar-refractivity contribution is 6.07. The van der Waals surface area contributed by atoms with Crippen LogP contribution in [-0.4, -0.2) is 11.8 Å². The number of hydrogen-bond acceptors (Lipinski definition) is 2. The van der Waals surface area contributed by atoms with Gasteiger partial charge in [0.1, 0.15) is 0 Å². The fourth-order valence-corrected chi connectivity index (χ4v) is 3.44. The van der Waals surface area contributed by atoms with Crippen molar-refractivity contribution >= 4 is 23.2 Å². The van der Waals surface area contributed by atoms with Crippen LogP contribution in [0, 0.1) is 0 Å². The quantitative estimate of drug-likeness (QED) is 0.398. The summed E-state index contributed by atoms with van der Waals surface area (Å²) in [4.78, 5) is 25.1. The average Bonchev–Trinajstić information content (AvgIpc) is 2.84. The first kappa shape index (κ1) is 23.3. The largest absolute Gasteiger partial charge is 0.322 e. The van der Waals surface area contributed by atoms with Crippen LogP contribution in [0.15, 0.2) is 72.8 Å². The summed E-state index contributed by atoms with van der Waals surface area (Å²) in [5.74, 6) is 0.593. The molecule has 0 aromatic heterocycles. The molecule has 2 amide bonds. The van der Waals surface area contributed by atoms with E-state index in [0.717, 1.165) is 24.2 Å². The molecule has 0 saturated heterocycles. The zero-order valence-corrected chi connectivity index (χ0v) is 19.3. The van der Waals surface area contributed by atoms with E-state index in [1.807, 2.05) is 48.5 Å². The molecular formula is C28H32N2O2. The summed E-state index contributed by atoms with van der Waals surface area (Å²) in [6.07, 6.45) is 2.16. The predicted molar refractivity (Wildman–Crippen MR) is 133 cm³/mol. The minimum Gasteiger partial charge on any atom is -0.322 e. The first-order valence-corrected chi connectivity index (χ1v) is 11.3. The lowest BCUT2D eigenvalue weighted by molar-refractivity contribution is 0.101. The van der Waals surface area contributed by atoms with Gasteiger partial charge in [-0.15, -0.1) is 0 Å². The molecule has 0 bridgehead atoms. The van der Waals surface area contributed by atoms with E-state index in [2.05, 4.69) is 38.3 Å². The van der Waals surface area contributed by atoms with Gasteiger partial charge in [-0.25, -0.2) is 0 Å². The van der Waals surface area contributed by atoms with Gasteiger partial charge in [0.25, 0.3) is 11.8 Å². The lowest BCUT2D eigenvalue weighted by Gasteiger charge is -2.11. The highest BCUT2D eigenvalue weighted by Crippen LogP contribution is 2.22. The van der Waals surface area contributed by atoms with Gasteiger partial charge in [0, 0.05) is 22.5 Å². The van der Waals surface area contributed by atoms with Crippen molar-refractivity contribution in [2.45, 2.75) is 52.4 Å². The van der Waals surface area contributed by atoms with Gasteiger partial charge in [-0.2, -0.15) is 0 Å². The van der Waals surface area contributed by atoms with Crippen molar-refractivity contribution in [1.29, 1.82) is 0 Å². The van der Waals surface area contributed by atoms with Gasteiger partial charge in [0.2, 0.25) is 0 Å². The lowest BCUT2D eigenvalue weighted by Crippen LogP contribution is -2.14. The Balaban J connectivity index is 1.60. The topological polar surface area (TPSA) is 58.2 Å². The number of carbonyl (C=O) groups is 2. The molecule has 0 radical (unpaired) electrons. The predicted octanol–water partition coefficient (Wildman–Crippen LogP) is 7.22. The van der Waals surface area contributed by atoms with Crippen molar-refractivity contribution in [3.05, 3.63) is 95.1 Å². The molecule has 166 valence electrons. The summed E-state index contributed by atoms with van der Waals surface area (Å²) < 4.78 is 0.